The Balaban J connectivity index is 1.85. The zero-order valence-electron chi connectivity index (χ0n) is 28.0. The lowest BCUT2D eigenvalue weighted by Gasteiger charge is -2.36. The summed E-state index contributed by atoms with van der Waals surface area (Å²) in [5.74, 6) is -0.721. The number of benzene rings is 2. The number of halogens is 1. The smallest absolute Gasteiger partial charge is 0.244 e. The highest BCUT2D eigenvalue weighted by atomic mass is 35.5. The highest BCUT2D eigenvalue weighted by Crippen LogP contribution is 2.50. The summed E-state index contributed by atoms with van der Waals surface area (Å²) >= 11 is 6.30. The molecule has 1 aliphatic heterocycles. The number of Topliss-reactive ketones (excluding diaryl/α,β-unsaturated/α-hetero) is 1. The fourth-order valence-electron chi connectivity index (χ4n) is 7.46. The fourth-order valence-corrected chi connectivity index (χ4v) is 9.64. The van der Waals surface area contributed by atoms with Gasteiger partial charge in [0.25, 0.3) is 0 Å². The van der Waals surface area contributed by atoms with Crippen LogP contribution in [0.1, 0.15) is 84.4 Å². The molecule has 9 heteroatoms. The van der Waals surface area contributed by atoms with Crippen LogP contribution in [0.4, 0.5) is 0 Å². The van der Waals surface area contributed by atoms with Crippen LogP contribution in [-0.2, 0) is 19.6 Å². The van der Waals surface area contributed by atoms with Crippen molar-refractivity contribution in [3.05, 3.63) is 76.3 Å². The number of nitrogens with two attached hydrogens (primary N) is 1. The van der Waals surface area contributed by atoms with E-state index in [2.05, 4.69) is 33.8 Å². The van der Waals surface area contributed by atoms with Crippen molar-refractivity contribution in [1.82, 2.24) is 9.21 Å². The van der Waals surface area contributed by atoms with Crippen molar-refractivity contribution in [3.8, 4) is 0 Å². The summed E-state index contributed by atoms with van der Waals surface area (Å²) in [5.41, 5.74) is 8.02. The first-order valence-corrected chi connectivity index (χ1v) is 17.9. The molecular weight excluding hydrogens is 606 g/mol. The van der Waals surface area contributed by atoms with E-state index in [-0.39, 0.29) is 27.9 Å². The third kappa shape index (κ3) is 7.56. The molecule has 2 aromatic carbocycles. The topological polar surface area (TPSA) is 101 Å². The fraction of sp³-hybridized carbons (Fsp3) is 0.556. The summed E-state index contributed by atoms with van der Waals surface area (Å²) in [4.78, 5) is 28.9. The number of amides is 1. The van der Waals surface area contributed by atoms with Crippen molar-refractivity contribution in [2.45, 2.75) is 103 Å². The van der Waals surface area contributed by atoms with Crippen LogP contribution >= 0.6 is 11.6 Å². The van der Waals surface area contributed by atoms with Gasteiger partial charge in [-0.2, -0.15) is 4.31 Å². The maximum Gasteiger partial charge on any atom is 0.244 e. The van der Waals surface area contributed by atoms with E-state index in [1.807, 2.05) is 57.0 Å². The first-order valence-electron chi connectivity index (χ1n) is 16.0. The Labute approximate surface area is 275 Å². The largest absolute Gasteiger partial charge is 0.368 e. The van der Waals surface area contributed by atoms with E-state index in [4.69, 9.17) is 17.3 Å². The van der Waals surface area contributed by atoms with E-state index in [0.29, 0.717) is 29.8 Å². The molecule has 4 rings (SSSR count). The van der Waals surface area contributed by atoms with Crippen molar-refractivity contribution in [2.24, 2.45) is 28.9 Å². The molecule has 6 atom stereocenters. The molecule has 45 heavy (non-hydrogen) atoms. The molecule has 0 bridgehead atoms. The molecule has 1 aliphatic carbocycles. The van der Waals surface area contributed by atoms with Gasteiger partial charge in [0, 0.05) is 17.0 Å². The highest BCUT2D eigenvalue weighted by Gasteiger charge is 2.51. The molecule has 0 saturated heterocycles. The van der Waals surface area contributed by atoms with Crippen LogP contribution in [0, 0.1) is 30.1 Å². The summed E-state index contributed by atoms with van der Waals surface area (Å²) in [6, 6.07) is 12.2. The second kappa shape index (κ2) is 13.7. The van der Waals surface area contributed by atoms with Crippen molar-refractivity contribution < 1.29 is 18.0 Å². The summed E-state index contributed by atoms with van der Waals surface area (Å²) < 4.78 is 31.2. The molecule has 2 aromatic rings. The van der Waals surface area contributed by atoms with Gasteiger partial charge in [-0.25, -0.2) is 8.42 Å². The lowest BCUT2D eigenvalue weighted by Crippen LogP contribution is -2.50. The number of sulfonamides is 1. The normalized spacial score (nSPS) is 24.3. The van der Waals surface area contributed by atoms with E-state index in [1.165, 1.54) is 0 Å². The van der Waals surface area contributed by atoms with E-state index < -0.39 is 46.0 Å². The number of carbonyl (C=O) groups is 2. The number of hydrogen-bond donors (Lipinski definition) is 1. The highest BCUT2D eigenvalue weighted by molar-refractivity contribution is 7.89. The number of ketones is 1. The molecule has 2 N–H and O–H groups in total. The number of carbonyl (C=O) groups excluding carboxylic acids is 2. The number of nitrogens with zero attached hydrogens (tertiary/aromatic N) is 2. The van der Waals surface area contributed by atoms with Crippen LogP contribution in [0.15, 0.2) is 65.1 Å². The Morgan fingerprint density at radius 1 is 1.07 bits per heavy atom. The number of aryl methyl sites for hydroxylation is 1. The average molecular weight is 656 g/mol. The molecule has 1 fully saturated rings. The van der Waals surface area contributed by atoms with E-state index >= 15 is 0 Å². The molecule has 0 radical (unpaired) electrons. The number of hydrogen-bond acceptors (Lipinski definition) is 5. The molecular formula is C36H50ClN3O4S. The zero-order chi connectivity index (χ0) is 33.4. The van der Waals surface area contributed by atoms with Gasteiger partial charge in [-0.15, -0.1) is 0 Å². The summed E-state index contributed by atoms with van der Waals surface area (Å²) in [6.07, 6.45) is 4.55. The number of rotatable bonds is 11. The third-order valence-corrected chi connectivity index (χ3v) is 11.7. The Morgan fingerprint density at radius 3 is 2.24 bits per heavy atom. The predicted octanol–water partition coefficient (Wildman–Crippen LogP) is 6.94. The Hall–Kier alpha value is -2.52. The summed E-state index contributed by atoms with van der Waals surface area (Å²) in [5, 5.41) is 0.550. The van der Waals surface area contributed by atoms with Gasteiger partial charge in [0.15, 0.2) is 5.78 Å². The second-order valence-corrected chi connectivity index (χ2v) is 17.0. The van der Waals surface area contributed by atoms with Gasteiger partial charge < -0.3 is 5.73 Å². The Kier molecular flexibility index (Phi) is 10.7. The summed E-state index contributed by atoms with van der Waals surface area (Å²) in [6.45, 7) is 14.5. The van der Waals surface area contributed by atoms with Crippen LogP contribution in [0.3, 0.4) is 0 Å². The first-order chi connectivity index (χ1) is 20.9. The van der Waals surface area contributed by atoms with Crippen molar-refractivity contribution in [2.75, 3.05) is 7.05 Å². The maximum absolute atomic E-state index is 14.8. The van der Waals surface area contributed by atoms with Crippen LogP contribution in [0.25, 0.3) is 0 Å². The predicted molar refractivity (Wildman–Crippen MR) is 181 cm³/mol. The SMILES string of the molecule is Cc1ccccc1S(=O)(=O)N1C([C@H](C)CC(C)(C)C)C=C([C@H]2CC[C@@H](N(C)[C@@H](CC(C)C)C(N)=O)C2=O)[C@@H]1c1ccc(Cl)cc1. The van der Waals surface area contributed by atoms with E-state index in [1.54, 1.807) is 28.6 Å². The Bertz CT molecular complexity index is 1530. The van der Waals surface area contributed by atoms with E-state index in [0.717, 1.165) is 17.6 Å². The van der Waals surface area contributed by atoms with Gasteiger partial charge in [0.1, 0.15) is 0 Å². The van der Waals surface area contributed by atoms with Gasteiger partial charge in [0.05, 0.1) is 23.0 Å². The number of likely N-dealkylation sites (N-methyl/N-ethyl adjacent to an activating group) is 1. The van der Waals surface area contributed by atoms with Crippen LogP contribution in [0.2, 0.25) is 5.02 Å². The minimum atomic E-state index is -4.01. The third-order valence-electron chi connectivity index (χ3n) is 9.39. The molecule has 7 nitrogen and oxygen atoms in total. The number of primary amides is 1. The maximum atomic E-state index is 14.8. The molecule has 1 heterocycles. The molecule has 1 amide bonds. The first kappa shape index (κ1) is 35.3. The molecule has 1 saturated carbocycles. The van der Waals surface area contributed by atoms with Gasteiger partial charge in [-0.1, -0.05) is 89.6 Å². The van der Waals surface area contributed by atoms with Crippen LogP contribution < -0.4 is 5.73 Å². The molecule has 0 aromatic heterocycles. The van der Waals surface area contributed by atoms with Crippen molar-refractivity contribution >= 4 is 33.3 Å². The quantitative estimate of drug-likeness (QED) is 0.264. The van der Waals surface area contributed by atoms with E-state index in [9.17, 15) is 18.0 Å². The van der Waals surface area contributed by atoms with Gasteiger partial charge >= 0.3 is 0 Å². The molecule has 0 spiro atoms. The monoisotopic (exact) mass is 655 g/mol. The lowest BCUT2D eigenvalue weighted by atomic mass is 9.82. The van der Waals surface area contributed by atoms with Crippen LogP contribution in [0.5, 0.6) is 0 Å². The minimum Gasteiger partial charge on any atom is -0.368 e. The van der Waals surface area contributed by atoms with Gasteiger partial charge in [-0.3, -0.25) is 14.5 Å². The van der Waals surface area contributed by atoms with Gasteiger partial charge in [-0.05, 0) is 91.8 Å². The standard InChI is InChI=1S/C36H50ClN3O4S/c1-22(2)19-31(35(38)42)39(8)29-18-17-27(34(29)41)28-20-30(24(4)21-36(5,6)7)40(33(28)25-13-15-26(37)16-14-25)45(43,44)32-12-10-9-11-23(32)3/h9-16,20,22,24,27,29-31,33H,17-19,21H2,1-8H3,(H2,38,42)/t24-,27-,29-,30?,31+,33+/m1/s1. The zero-order valence-corrected chi connectivity index (χ0v) is 29.5. The van der Waals surface area contributed by atoms with Crippen molar-refractivity contribution in [1.29, 1.82) is 0 Å². The average Bonchev–Trinajstić information content (AvgIpc) is 3.52. The molecule has 246 valence electrons. The summed E-state index contributed by atoms with van der Waals surface area (Å²) in [7, 11) is -2.20. The van der Waals surface area contributed by atoms with Crippen molar-refractivity contribution in [3.63, 3.8) is 0 Å². The van der Waals surface area contributed by atoms with Gasteiger partial charge in [0.2, 0.25) is 15.9 Å². The minimum absolute atomic E-state index is 0.00934. The second-order valence-electron chi connectivity index (χ2n) is 14.7. The lowest BCUT2D eigenvalue weighted by molar-refractivity contribution is -0.129. The molecule has 1 unspecified atom stereocenters. The molecule has 2 aliphatic rings. The Morgan fingerprint density at radius 2 is 1.69 bits per heavy atom. The van der Waals surface area contributed by atoms with Crippen LogP contribution in [-0.4, -0.2) is 54.5 Å².